The Morgan fingerprint density at radius 3 is 2.30 bits per heavy atom. The highest BCUT2D eigenvalue weighted by molar-refractivity contribution is 14.1. The highest BCUT2D eigenvalue weighted by Crippen LogP contribution is 2.30. The van der Waals surface area contributed by atoms with E-state index < -0.39 is 0 Å². The second-order valence-corrected chi connectivity index (χ2v) is 5.06. The minimum Gasteiger partial charge on any atom is -0.298 e. The Kier molecular flexibility index (Phi) is 3.55. The highest BCUT2D eigenvalue weighted by Gasteiger charge is 2.12. The van der Waals surface area contributed by atoms with Gasteiger partial charge in [-0.25, -0.2) is 0 Å². The molecule has 6 heteroatoms. The maximum Gasteiger partial charge on any atom is 0.192 e. The molecular formula is C14H9IN4O. The number of halogens is 1. The lowest BCUT2D eigenvalue weighted by Gasteiger charge is -2.07. The van der Waals surface area contributed by atoms with Crippen LogP contribution in [0.25, 0.3) is 22.5 Å². The van der Waals surface area contributed by atoms with Gasteiger partial charge in [0.05, 0.1) is 22.9 Å². The van der Waals surface area contributed by atoms with Crippen molar-refractivity contribution in [3.63, 3.8) is 0 Å². The van der Waals surface area contributed by atoms with Gasteiger partial charge < -0.3 is 0 Å². The van der Waals surface area contributed by atoms with Crippen LogP contribution in [-0.4, -0.2) is 24.7 Å². The number of tetrazole rings is 1. The van der Waals surface area contributed by atoms with Crippen molar-refractivity contribution in [1.82, 2.24) is 18.4 Å². The molecule has 0 unspecified atom stereocenters. The first-order valence-corrected chi connectivity index (χ1v) is 6.85. The summed E-state index contributed by atoms with van der Waals surface area (Å²) in [7, 11) is 0. The summed E-state index contributed by atoms with van der Waals surface area (Å²) in [4.78, 5) is 10.7. The number of hydrogen-bond donors (Lipinski definition) is 0. The van der Waals surface area contributed by atoms with E-state index in [1.54, 1.807) is 15.0 Å². The predicted molar refractivity (Wildman–Crippen MR) is 83.5 cm³/mol. The van der Waals surface area contributed by atoms with Gasteiger partial charge in [0.1, 0.15) is 6.29 Å². The van der Waals surface area contributed by atoms with E-state index in [0.29, 0.717) is 11.4 Å². The molecular weight excluding hydrogens is 367 g/mol. The van der Waals surface area contributed by atoms with Crippen molar-refractivity contribution in [2.24, 2.45) is 0 Å². The molecule has 0 N–H and O–H groups in total. The van der Waals surface area contributed by atoms with Crippen molar-refractivity contribution in [3.8, 4) is 22.5 Å². The zero-order valence-corrected chi connectivity index (χ0v) is 12.4. The van der Waals surface area contributed by atoms with Crippen LogP contribution in [-0.2, 0) is 0 Å². The smallest absolute Gasteiger partial charge is 0.192 e. The fraction of sp³-hybridized carbons (Fsp3) is 0. The van der Waals surface area contributed by atoms with Gasteiger partial charge >= 0.3 is 0 Å². The first-order valence-electron chi connectivity index (χ1n) is 5.89. The van der Waals surface area contributed by atoms with Crippen LogP contribution >= 0.6 is 22.9 Å². The number of rotatable bonds is 3. The molecule has 0 bridgehead atoms. The molecule has 0 saturated carbocycles. The second-order valence-electron chi connectivity index (χ2n) is 4.15. The van der Waals surface area contributed by atoms with Crippen molar-refractivity contribution < 1.29 is 4.79 Å². The average molecular weight is 376 g/mol. The van der Waals surface area contributed by atoms with E-state index in [2.05, 4.69) is 15.5 Å². The molecule has 5 nitrogen and oxygen atoms in total. The zero-order chi connectivity index (χ0) is 13.9. The van der Waals surface area contributed by atoms with Gasteiger partial charge in [-0.3, -0.25) is 4.79 Å². The van der Waals surface area contributed by atoms with Gasteiger partial charge in [0.2, 0.25) is 0 Å². The van der Waals surface area contributed by atoms with Crippen LogP contribution in [0.4, 0.5) is 0 Å². The lowest BCUT2D eigenvalue weighted by molar-refractivity contribution is 0.112. The standard InChI is InChI=1S/C14H9IN4O/c15-19-14(16-17-18-19)13-4-2-1-3-12(13)11-7-5-10(9-20)6-8-11/h1-9H. The predicted octanol–water partition coefficient (Wildman–Crippen LogP) is 3.02. The topological polar surface area (TPSA) is 60.7 Å². The van der Waals surface area contributed by atoms with Gasteiger partial charge in [0.15, 0.2) is 5.82 Å². The second kappa shape index (κ2) is 5.49. The SMILES string of the molecule is O=Cc1ccc(-c2ccccc2-c2nnnn2I)cc1. The molecule has 0 aliphatic heterocycles. The Labute approximate surface area is 129 Å². The molecule has 20 heavy (non-hydrogen) atoms. The van der Waals surface area contributed by atoms with Gasteiger partial charge in [-0.1, -0.05) is 48.5 Å². The minimum atomic E-state index is 0.657. The Morgan fingerprint density at radius 1 is 1.00 bits per heavy atom. The van der Waals surface area contributed by atoms with Crippen LogP contribution in [0, 0.1) is 0 Å². The Balaban J connectivity index is 2.14. The van der Waals surface area contributed by atoms with Crippen LogP contribution in [0.2, 0.25) is 0 Å². The number of hydrogen-bond acceptors (Lipinski definition) is 4. The third kappa shape index (κ3) is 2.34. The van der Waals surface area contributed by atoms with E-state index in [0.717, 1.165) is 23.0 Å². The van der Waals surface area contributed by atoms with Gasteiger partial charge in [-0.15, -0.1) is 5.10 Å². The van der Waals surface area contributed by atoms with E-state index in [9.17, 15) is 4.79 Å². The molecule has 1 aromatic heterocycles. The summed E-state index contributed by atoms with van der Waals surface area (Å²) in [6.07, 6.45) is 0.834. The van der Waals surface area contributed by atoms with Gasteiger partial charge in [-0.2, -0.15) is 2.90 Å². The number of carbonyl (C=O) groups is 1. The number of benzene rings is 2. The van der Waals surface area contributed by atoms with Crippen molar-refractivity contribution in [1.29, 1.82) is 0 Å². The van der Waals surface area contributed by atoms with E-state index >= 15 is 0 Å². The molecule has 98 valence electrons. The third-order valence-corrected chi connectivity index (χ3v) is 3.61. The Bertz CT molecular complexity index is 752. The first-order chi connectivity index (χ1) is 9.79. The molecule has 0 amide bonds. The van der Waals surface area contributed by atoms with Crippen LogP contribution in [0.5, 0.6) is 0 Å². The minimum absolute atomic E-state index is 0.657. The van der Waals surface area contributed by atoms with Gasteiger partial charge in [-0.05, 0) is 21.6 Å². The summed E-state index contributed by atoms with van der Waals surface area (Å²) in [6.45, 7) is 0. The number of aldehydes is 1. The summed E-state index contributed by atoms with van der Waals surface area (Å²) in [5.41, 5.74) is 3.65. The summed E-state index contributed by atoms with van der Waals surface area (Å²) in [5, 5.41) is 11.6. The molecule has 1 heterocycles. The highest BCUT2D eigenvalue weighted by atomic mass is 127. The number of carbonyl (C=O) groups excluding carboxylic acids is 1. The molecule has 0 spiro atoms. The van der Waals surface area contributed by atoms with Crippen LogP contribution < -0.4 is 0 Å². The third-order valence-electron chi connectivity index (χ3n) is 2.96. The first kappa shape index (κ1) is 12.9. The molecule has 0 aliphatic carbocycles. The number of nitrogens with zero attached hydrogens (tertiary/aromatic N) is 4. The van der Waals surface area contributed by atoms with Crippen molar-refractivity contribution in [2.45, 2.75) is 0 Å². The quantitative estimate of drug-likeness (QED) is 0.521. The molecule has 0 saturated heterocycles. The Hall–Kier alpha value is -2.09. The fourth-order valence-electron chi connectivity index (χ4n) is 2.00. The molecule has 0 aliphatic rings. The summed E-state index contributed by atoms with van der Waals surface area (Å²) >= 11 is 2.04. The monoisotopic (exact) mass is 376 g/mol. The fourth-order valence-corrected chi connectivity index (χ4v) is 2.44. The summed E-state index contributed by atoms with van der Waals surface area (Å²) in [5.74, 6) is 0.695. The molecule has 0 radical (unpaired) electrons. The van der Waals surface area contributed by atoms with Crippen LogP contribution in [0.1, 0.15) is 10.4 Å². The average Bonchev–Trinajstić information content (AvgIpc) is 2.93. The van der Waals surface area contributed by atoms with Crippen molar-refractivity contribution in [3.05, 3.63) is 54.1 Å². The molecule has 0 atom stereocenters. The normalized spacial score (nSPS) is 10.4. The van der Waals surface area contributed by atoms with E-state index in [1.165, 1.54) is 0 Å². The lowest BCUT2D eigenvalue weighted by Crippen LogP contribution is -1.91. The van der Waals surface area contributed by atoms with E-state index in [1.807, 2.05) is 59.3 Å². The largest absolute Gasteiger partial charge is 0.298 e. The van der Waals surface area contributed by atoms with E-state index in [-0.39, 0.29) is 0 Å². The summed E-state index contributed by atoms with van der Waals surface area (Å²) in [6, 6.07) is 15.3. The van der Waals surface area contributed by atoms with Gasteiger partial charge in [0.25, 0.3) is 0 Å². The molecule has 0 fully saturated rings. The van der Waals surface area contributed by atoms with Crippen molar-refractivity contribution in [2.75, 3.05) is 0 Å². The molecule has 2 aromatic carbocycles. The van der Waals surface area contributed by atoms with Gasteiger partial charge in [0, 0.05) is 11.1 Å². The molecule has 3 rings (SSSR count). The lowest BCUT2D eigenvalue weighted by atomic mass is 9.98. The van der Waals surface area contributed by atoms with Crippen LogP contribution in [0.15, 0.2) is 48.5 Å². The molecule has 3 aromatic rings. The van der Waals surface area contributed by atoms with E-state index in [4.69, 9.17) is 0 Å². The van der Waals surface area contributed by atoms with Crippen molar-refractivity contribution >= 4 is 29.2 Å². The summed E-state index contributed by atoms with van der Waals surface area (Å²) < 4.78 is 1.61. The number of aromatic nitrogens is 4. The van der Waals surface area contributed by atoms with Crippen LogP contribution in [0.3, 0.4) is 0 Å². The maximum atomic E-state index is 10.7. The maximum absolute atomic E-state index is 10.7. The zero-order valence-electron chi connectivity index (χ0n) is 10.3. The Morgan fingerprint density at radius 2 is 1.70 bits per heavy atom.